The van der Waals surface area contributed by atoms with Crippen molar-refractivity contribution in [2.24, 2.45) is 0 Å². The van der Waals surface area contributed by atoms with E-state index in [-0.39, 0.29) is 12.5 Å². The molecular weight excluding hydrogens is 340 g/mol. The summed E-state index contributed by atoms with van der Waals surface area (Å²) >= 11 is 0. The van der Waals surface area contributed by atoms with Gasteiger partial charge >= 0.3 is 0 Å². The molecule has 0 aliphatic rings. The van der Waals surface area contributed by atoms with Crippen LogP contribution < -0.4 is 5.32 Å². The summed E-state index contributed by atoms with van der Waals surface area (Å²) in [6.45, 7) is 6.07. The molecule has 0 unspecified atom stereocenters. The molecule has 0 radical (unpaired) electrons. The molecule has 4 aromatic rings. The zero-order chi connectivity index (χ0) is 19.0. The number of carbonyl (C=O) groups is 1. The van der Waals surface area contributed by atoms with Crippen LogP contribution in [0.1, 0.15) is 17.0 Å². The topological polar surface area (TPSA) is 73.0 Å². The van der Waals surface area contributed by atoms with Gasteiger partial charge in [0.25, 0.3) is 0 Å². The highest BCUT2D eigenvalue weighted by molar-refractivity contribution is 5.92. The molecular formula is C21H20N4O2. The van der Waals surface area contributed by atoms with Gasteiger partial charge in [-0.1, -0.05) is 12.1 Å². The number of benzene rings is 2. The minimum absolute atomic E-state index is 0.0743. The molecule has 4 rings (SSSR count). The van der Waals surface area contributed by atoms with Crippen LogP contribution in [0.4, 0.5) is 5.69 Å². The second kappa shape index (κ2) is 6.72. The zero-order valence-corrected chi connectivity index (χ0v) is 15.5. The highest BCUT2D eigenvalue weighted by Gasteiger charge is 2.11. The van der Waals surface area contributed by atoms with Gasteiger partial charge in [-0.05, 0) is 60.7 Å². The van der Waals surface area contributed by atoms with Gasteiger partial charge in [0.15, 0.2) is 0 Å². The molecule has 0 aliphatic carbocycles. The SMILES string of the molecule is Cc1nnc(-c2ccc3ccn(CC(=O)Nc4ccc(C)c(C)c4)c3c2)o1. The van der Waals surface area contributed by atoms with Crippen LogP contribution in [0.5, 0.6) is 0 Å². The molecule has 0 bridgehead atoms. The van der Waals surface area contributed by atoms with E-state index in [0.717, 1.165) is 27.7 Å². The van der Waals surface area contributed by atoms with Gasteiger partial charge in [-0.3, -0.25) is 4.79 Å². The van der Waals surface area contributed by atoms with E-state index in [2.05, 4.69) is 22.4 Å². The van der Waals surface area contributed by atoms with E-state index in [9.17, 15) is 4.79 Å². The summed E-state index contributed by atoms with van der Waals surface area (Å²) in [5.74, 6) is 0.921. The second-order valence-corrected chi connectivity index (χ2v) is 6.69. The number of amides is 1. The van der Waals surface area contributed by atoms with Crippen molar-refractivity contribution in [1.29, 1.82) is 0 Å². The second-order valence-electron chi connectivity index (χ2n) is 6.69. The summed E-state index contributed by atoms with van der Waals surface area (Å²) in [7, 11) is 0. The summed E-state index contributed by atoms with van der Waals surface area (Å²) in [6.07, 6.45) is 1.91. The molecule has 2 aromatic carbocycles. The summed E-state index contributed by atoms with van der Waals surface area (Å²) in [6, 6.07) is 13.8. The Balaban J connectivity index is 1.57. The maximum absolute atomic E-state index is 12.5. The first-order valence-electron chi connectivity index (χ1n) is 8.76. The molecule has 0 saturated carbocycles. The first-order valence-corrected chi connectivity index (χ1v) is 8.76. The van der Waals surface area contributed by atoms with Crippen molar-refractivity contribution in [1.82, 2.24) is 14.8 Å². The Morgan fingerprint density at radius 3 is 2.63 bits per heavy atom. The lowest BCUT2D eigenvalue weighted by atomic mass is 10.1. The molecule has 1 amide bonds. The fourth-order valence-corrected chi connectivity index (χ4v) is 3.04. The Bertz CT molecular complexity index is 1140. The van der Waals surface area contributed by atoms with Crippen LogP contribution in [0.25, 0.3) is 22.4 Å². The van der Waals surface area contributed by atoms with Gasteiger partial charge in [0, 0.05) is 29.9 Å². The van der Waals surface area contributed by atoms with E-state index in [1.54, 1.807) is 6.92 Å². The normalized spacial score (nSPS) is 11.1. The molecule has 136 valence electrons. The minimum atomic E-state index is -0.0743. The van der Waals surface area contributed by atoms with Crippen LogP contribution in [0.15, 0.2) is 53.1 Å². The number of carbonyl (C=O) groups excluding carboxylic acids is 1. The van der Waals surface area contributed by atoms with E-state index < -0.39 is 0 Å². The Morgan fingerprint density at radius 2 is 1.89 bits per heavy atom. The van der Waals surface area contributed by atoms with E-state index in [0.29, 0.717) is 11.8 Å². The average Bonchev–Trinajstić information content (AvgIpc) is 3.24. The lowest BCUT2D eigenvalue weighted by molar-refractivity contribution is -0.116. The third-order valence-corrected chi connectivity index (χ3v) is 4.65. The minimum Gasteiger partial charge on any atom is -0.421 e. The standard InChI is InChI=1S/C21H20N4O2/c1-13-4-7-18(10-14(13)2)22-20(26)12-25-9-8-16-5-6-17(11-19(16)25)21-24-23-15(3)27-21/h4-11H,12H2,1-3H3,(H,22,26). The van der Waals surface area contributed by atoms with Gasteiger partial charge in [0.05, 0.1) is 0 Å². The van der Waals surface area contributed by atoms with E-state index >= 15 is 0 Å². The van der Waals surface area contributed by atoms with E-state index in [1.807, 2.05) is 60.2 Å². The molecule has 2 heterocycles. The highest BCUT2D eigenvalue weighted by atomic mass is 16.4. The largest absolute Gasteiger partial charge is 0.421 e. The molecule has 0 fully saturated rings. The highest BCUT2D eigenvalue weighted by Crippen LogP contribution is 2.24. The van der Waals surface area contributed by atoms with E-state index in [4.69, 9.17) is 4.42 Å². The van der Waals surface area contributed by atoms with Crippen molar-refractivity contribution in [2.75, 3.05) is 5.32 Å². The summed E-state index contributed by atoms with van der Waals surface area (Å²) in [5, 5.41) is 11.9. The first-order chi connectivity index (χ1) is 13.0. The number of anilines is 1. The average molecular weight is 360 g/mol. The Labute approximate surface area is 156 Å². The van der Waals surface area contributed by atoms with Gasteiger partial charge < -0.3 is 14.3 Å². The summed E-state index contributed by atoms with van der Waals surface area (Å²) in [4.78, 5) is 12.5. The maximum Gasteiger partial charge on any atom is 0.247 e. The smallest absolute Gasteiger partial charge is 0.247 e. The molecule has 6 nitrogen and oxygen atoms in total. The number of nitrogens with one attached hydrogen (secondary N) is 1. The molecule has 6 heteroatoms. The quantitative estimate of drug-likeness (QED) is 0.590. The molecule has 2 aromatic heterocycles. The monoisotopic (exact) mass is 360 g/mol. The fraction of sp³-hybridized carbons (Fsp3) is 0.190. The van der Waals surface area contributed by atoms with Gasteiger partial charge in [-0.2, -0.15) is 0 Å². The molecule has 0 aliphatic heterocycles. The number of rotatable bonds is 4. The number of hydrogen-bond acceptors (Lipinski definition) is 4. The number of fused-ring (bicyclic) bond motifs is 1. The predicted molar refractivity (Wildman–Crippen MR) is 105 cm³/mol. The molecule has 0 spiro atoms. The lowest BCUT2D eigenvalue weighted by Crippen LogP contribution is -2.18. The van der Waals surface area contributed by atoms with Crippen LogP contribution >= 0.6 is 0 Å². The number of aryl methyl sites for hydroxylation is 3. The fourth-order valence-electron chi connectivity index (χ4n) is 3.04. The predicted octanol–water partition coefficient (Wildman–Crippen LogP) is 4.26. The first kappa shape index (κ1) is 17.0. The molecule has 27 heavy (non-hydrogen) atoms. The van der Waals surface area contributed by atoms with Crippen molar-refractivity contribution < 1.29 is 9.21 Å². The third kappa shape index (κ3) is 3.46. The van der Waals surface area contributed by atoms with Crippen molar-refractivity contribution in [3.63, 3.8) is 0 Å². The van der Waals surface area contributed by atoms with Crippen molar-refractivity contribution in [3.05, 3.63) is 65.7 Å². The van der Waals surface area contributed by atoms with Crippen LogP contribution in [-0.2, 0) is 11.3 Å². The Hall–Kier alpha value is -3.41. The molecule has 0 atom stereocenters. The lowest BCUT2D eigenvalue weighted by Gasteiger charge is -2.09. The van der Waals surface area contributed by atoms with Crippen LogP contribution in [0.2, 0.25) is 0 Å². The van der Waals surface area contributed by atoms with Crippen LogP contribution in [-0.4, -0.2) is 20.7 Å². The summed E-state index contributed by atoms with van der Waals surface area (Å²) in [5.41, 5.74) is 4.93. The van der Waals surface area contributed by atoms with Crippen molar-refractivity contribution in [3.8, 4) is 11.5 Å². The number of hydrogen-bond donors (Lipinski definition) is 1. The van der Waals surface area contributed by atoms with Gasteiger partial charge in [0.2, 0.25) is 17.7 Å². The van der Waals surface area contributed by atoms with Crippen LogP contribution in [0.3, 0.4) is 0 Å². The molecule has 1 N–H and O–H groups in total. The number of nitrogens with zero attached hydrogens (tertiary/aromatic N) is 3. The zero-order valence-electron chi connectivity index (χ0n) is 15.5. The van der Waals surface area contributed by atoms with E-state index in [1.165, 1.54) is 5.56 Å². The van der Waals surface area contributed by atoms with Gasteiger partial charge in [0.1, 0.15) is 6.54 Å². The third-order valence-electron chi connectivity index (χ3n) is 4.65. The van der Waals surface area contributed by atoms with Crippen molar-refractivity contribution in [2.45, 2.75) is 27.3 Å². The van der Waals surface area contributed by atoms with Crippen LogP contribution in [0, 0.1) is 20.8 Å². The molecule has 0 saturated heterocycles. The van der Waals surface area contributed by atoms with Gasteiger partial charge in [-0.25, -0.2) is 0 Å². The number of aromatic nitrogens is 3. The van der Waals surface area contributed by atoms with Gasteiger partial charge in [-0.15, -0.1) is 10.2 Å². The van der Waals surface area contributed by atoms with Crippen molar-refractivity contribution >= 4 is 22.5 Å². The maximum atomic E-state index is 12.5. The Morgan fingerprint density at radius 1 is 1.04 bits per heavy atom. The summed E-state index contributed by atoms with van der Waals surface area (Å²) < 4.78 is 7.42. The Kier molecular flexibility index (Phi) is 4.24.